The zero-order valence-electron chi connectivity index (χ0n) is 12.7. The van der Waals surface area contributed by atoms with Crippen LogP contribution in [0.2, 0.25) is 0 Å². The fraction of sp³-hybridized carbons (Fsp3) is 0.312. The molecule has 0 fully saturated rings. The molecule has 0 bridgehead atoms. The Morgan fingerprint density at radius 2 is 2.39 bits per heavy atom. The van der Waals surface area contributed by atoms with E-state index in [2.05, 4.69) is 21.6 Å². The Hall–Kier alpha value is -2.43. The van der Waals surface area contributed by atoms with E-state index >= 15 is 0 Å². The van der Waals surface area contributed by atoms with Gasteiger partial charge in [0.2, 0.25) is 0 Å². The van der Waals surface area contributed by atoms with Crippen molar-refractivity contribution in [3.05, 3.63) is 40.8 Å². The molecule has 0 unspecified atom stereocenters. The lowest BCUT2D eigenvalue weighted by Crippen LogP contribution is -2.21. The minimum atomic E-state index is -0.153. The summed E-state index contributed by atoms with van der Waals surface area (Å²) >= 11 is 1.66. The van der Waals surface area contributed by atoms with Crippen molar-refractivity contribution in [1.29, 1.82) is 5.26 Å². The van der Waals surface area contributed by atoms with Crippen molar-refractivity contribution in [3.8, 4) is 6.07 Å². The molecule has 6 nitrogen and oxygen atoms in total. The van der Waals surface area contributed by atoms with E-state index in [-0.39, 0.29) is 6.04 Å². The molecule has 1 atom stereocenters. The Balaban J connectivity index is 1.86. The minimum absolute atomic E-state index is 0.153. The number of fused-ring (bicyclic) bond motifs is 1. The third kappa shape index (κ3) is 3.33. The zero-order chi connectivity index (χ0) is 16.2. The van der Waals surface area contributed by atoms with E-state index in [1.165, 1.54) is 0 Å². The maximum Gasteiger partial charge on any atom is 0.122 e. The van der Waals surface area contributed by atoms with Gasteiger partial charge in [0.15, 0.2) is 0 Å². The van der Waals surface area contributed by atoms with Crippen molar-refractivity contribution < 1.29 is 4.42 Å². The normalized spacial score (nSPS) is 12.2. The van der Waals surface area contributed by atoms with Gasteiger partial charge in [-0.2, -0.15) is 10.4 Å². The Morgan fingerprint density at radius 3 is 3.13 bits per heavy atom. The van der Waals surface area contributed by atoms with Gasteiger partial charge in [-0.1, -0.05) is 0 Å². The van der Waals surface area contributed by atoms with E-state index in [0.717, 1.165) is 32.1 Å². The number of furan rings is 1. The number of aryl methyl sites for hydroxylation is 1. The van der Waals surface area contributed by atoms with E-state index < -0.39 is 0 Å². The molecule has 3 N–H and O–H groups in total. The molecule has 0 aromatic carbocycles. The highest BCUT2D eigenvalue weighted by molar-refractivity contribution is 7.19. The lowest BCUT2D eigenvalue weighted by atomic mass is 10.1. The smallest absolute Gasteiger partial charge is 0.122 e. The molecule has 0 aliphatic rings. The van der Waals surface area contributed by atoms with Crippen LogP contribution in [0, 0.1) is 18.3 Å². The van der Waals surface area contributed by atoms with Crippen molar-refractivity contribution in [3.63, 3.8) is 0 Å². The summed E-state index contributed by atoms with van der Waals surface area (Å²) < 4.78 is 6.39. The summed E-state index contributed by atoms with van der Waals surface area (Å²) in [6.45, 7) is 2.62. The SMILES string of the molecule is Cc1c(C[C@@H](N)CC#N)sc2c(NCc3ccco3)cnnc12. The van der Waals surface area contributed by atoms with Crippen LogP contribution >= 0.6 is 11.3 Å². The summed E-state index contributed by atoms with van der Waals surface area (Å²) in [6.07, 6.45) is 4.41. The molecule has 0 aliphatic carbocycles. The summed E-state index contributed by atoms with van der Waals surface area (Å²) in [5, 5.41) is 20.4. The third-order valence-electron chi connectivity index (χ3n) is 3.64. The van der Waals surface area contributed by atoms with Gasteiger partial charge in [-0.3, -0.25) is 0 Å². The van der Waals surface area contributed by atoms with Crippen LogP contribution in [0.3, 0.4) is 0 Å². The highest BCUT2D eigenvalue weighted by Crippen LogP contribution is 2.34. The van der Waals surface area contributed by atoms with Gasteiger partial charge in [0.1, 0.15) is 11.3 Å². The number of hydrogen-bond acceptors (Lipinski definition) is 7. The molecular weight excluding hydrogens is 310 g/mol. The first-order valence-electron chi connectivity index (χ1n) is 7.31. The van der Waals surface area contributed by atoms with Gasteiger partial charge in [-0.25, -0.2) is 0 Å². The largest absolute Gasteiger partial charge is 0.467 e. The van der Waals surface area contributed by atoms with Crippen LogP contribution in [0.15, 0.2) is 29.0 Å². The topological polar surface area (TPSA) is 101 Å². The molecule has 7 heteroatoms. The molecule has 23 heavy (non-hydrogen) atoms. The second-order valence-electron chi connectivity index (χ2n) is 5.35. The Kier molecular flexibility index (Phi) is 4.55. The standard InChI is InChI=1S/C16H17N5OS/c1-10-14(7-11(18)4-5-17)23-16-13(9-20-21-15(10)16)19-8-12-3-2-6-22-12/h2-3,6,9,11H,4,7-8,18H2,1H3,(H,19,21)/t11-/m0/s1. The molecule has 3 heterocycles. The number of aromatic nitrogens is 2. The van der Waals surface area contributed by atoms with Gasteiger partial charge >= 0.3 is 0 Å². The summed E-state index contributed by atoms with van der Waals surface area (Å²) in [5.41, 5.74) is 8.90. The third-order valence-corrected chi connectivity index (χ3v) is 4.97. The first kappa shape index (κ1) is 15.5. The maximum atomic E-state index is 8.76. The quantitative estimate of drug-likeness (QED) is 0.722. The van der Waals surface area contributed by atoms with Gasteiger partial charge in [0.05, 0.1) is 41.9 Å². The van der Waals surface area contributed by atoms with E-state index in [1.54, 1.807) is 23.8 Å². The van der Waals surface area contributed by atoms with E-state index in [4.69, 9.17) is 15.4 Å². The maximum absolute atomic E-state index is 8.76. The van der Waals surface area contributed by atoms with Gasteiger partial charge < -0.3 is 15.5 Å². The molecule has 3 rings (SSSR count). The monoisotopic (exact) mass is 327 g/mol. The molecular formula is C16H17N5OS. The zero-order valence-corrected chi connectivity index (χ0v) is 13.6. The second kappa shape index (κ2) is 6.77. The lowest BCUT2D eigenvalue weighted by Gasteiger charge is -2.05. The predicted octanol–water partition coefficient (Wildman–Crippen LogP) is 2.99. The fourth-order valence-corrected chi connectivity index (χ4v) is 3.72. The number of anilines is 1. The molecule has 0 saturated heterocycles. The Bertz CT molecular complexity index is 834. The minimum Gasteiger partial charge on any atom is -0.467 e. The highest BCUT2D eigenvalue weighted by Gasteiger charge is 2.16. The first-order valence-corrected chi connectivity index (χ1v) is 8.13. The Labute approximate surface area is 137 Å². The van der Waals surface area contributed by atoms with Crippen molar-refractivity contribution >= 4 is 27.2 Å². The molecule has 0 radical (unpaired) electrons. The lowest BCUT2D eigenvalue weighted by molar-refractivity contribution is 0.518. The summed E-state index contributed by atoms with van der Waals surface area (Å²) in [5.74, 6) is 0.861. The summed E-state index contributed by atoms with van der Waals surface area (Å²) in [4.78, 5) is 1.16. The molecule has 0 aliphatic heterocycles. The number of nitrogens with zero attached hydrogens (tertiary/aromatic N) is 3. The number of nitriles is 1. The van der Waals surface area contributed by atoms with Crippen molar-refractivity contribution in [2.75, 3.05) is 5.32 Å². The van der Waals surface area contributed by atoms with E-state index in [1.807, 2.05) is 19.1 Å². The number of hydrogen-bond donors (Lipinski definition) is 2. The van der Waals surface area contributed by atoms with Crippen LogP contribution in [-0.2, 0) is 13.0 Å². The molecule has 0 amide bonds. The molecule has 3 aromatic heterocycles. The average Bonchev–Trinajstić information content (AvgIpc) is 3.15. The Morgan fingerprint density at radius 1 is 1.52 bits per heavy atom. The van der Waals surface area contributed by atoms with Crippen LogP contribution in [0.4, 0.5) is 5.69 Å². The molecule has 3 aromatic rings. The predicted molar refractivity (Wildman–Crippen MR) is 90.1 cm³/mol. The second-order valence-corrected chi connectivity index (χ2v) is 6.45. The van der Waals surface area contributed by atoms with E-state index in [9.17, 15) is 0 Å². The number of thiophene rings is 1. The molecule has 0 saturated carbocycles. The average molecular weight is 327 g/mol. The fourth-order valence-electron chi connectivity index (χ4n) is 2.40. The van der Waals surface area contributed by atoms with Crippen LogP contribution in [0.5, 0.6) is 0 Å². The van der Waals surface area contributed by atoms with Gasteiger partial charge in [-0.05, 0) is 31.0 Å². The van der Waals surface area contributed by atoms with E-state index in [0.29, 0.717) is 19.4 Å². The molecule has 0 spiro atoms. The van der Waals surface area contributed by atoms with Crippen LogP contribution < -0.4 is 11.1 Å². The molecule has 118 valence electrons. The van der Waals surface area contributed by atoms with Gasteiger partial charge in [0.25, 0.3) is 0 Å². The van der Waals surface area contributed by atoms with Crippen LogP contribution in [-0.4, -0.2) is 16.2 Å². The first-order chi connectivity index (χ1) is 11.2. The summed E-state index contributed by atoms with van der Waals surface area (Å²) in [6, 6.07) is 5.75. The van der Waals surface area contributed by atoms with Crippen molar-refractivity contribution in [2.45, 2.75) is 32.4 Å². The van der Waals surface area contributed by atoms with Gasteiger partial charge in [-0.15, -0.1) is 16.4 Å². The highest BCUT2D eigenvalue weighted by atomic mass is 32.1. The van der Waals surface area contributed by atoms with Crippen molar-refractivity contribution in [2.24, 2.45) is 5.73 Å². The van der Waals surface area contributed by atoms with Gasteiger partial charge in [0, 0.05) is 10.9 Å². The number of rotatable bonds is 6. The van der Waals surface area contributed by atoms with Crippen molar-refractivity contribution in [1.82, 2.24) is 10.2 Å². The summed E-state index contributed by atoms with van der Waals surface area (Å²) in [7, 11) is 0. The van der Waals surface area contributed by atoms with Crippen LogP contribution in [0.1, 0.15) is 22.6 Å². The number of nitrogens with two attached hydrogens (primary N) is 1. The number of nitrogens with one attached hydrogen (secondary N) is 1. The van der Waals surface area contributed by atoms with Crippen LogP contribution in [0.25, 0.3) is 10.2 Å².